The van der Waals surface area contributed by atoms with Gasteiger partial charge in [-0.3, -0.25) is 4.79 Å². The number of sulfonamides is 1. The highest BCUT2D eigenvalue weighted by Crippen LogP contribution is 2.17. The van der Waals surface area contributed by atoms with Crippen LogP contribution in [0.1, 0.15) is 21.5 Å². The molecule has 0 aliphatic rings. The van der Waals surface area contributed by atoms with Gasteiger partial charge in [-0.1, -0.05) is 24.3 Å². The Morgan fingerprint density at radius 2 is 1.79 bits per heavy atom. The van der Waals surface area contributed by atoms with Crippen LogP contribution in [0.2, 0.25) is 0 Å². The predicted molar refractivity (Wildman–Crippen MR) is 97.6 cm³/mol. The highest BCUT2D eigenvalue weighted by atomic mass is 79.9. The molecule has 5 nitrogen and oxygen atoms in total. The molecule has 2 aromatic rings. The number of nitrogens with one attached hydrogen (secondary N) is 2. The second kappa shape index (κ2) is 7.92. The fourth-order valence-corrected chi connectivity index (χ4v) is 4.00. The van der Waals surface area contributed by atoms with Crippen molar-refractivity contribution in [2.75, 3.05) is 13.1 Å². The van der Waals surface area contributed by atoms with Crippen LogP contribution in [-0.4, -0.2) is 27.4 Å². The molecule has 0 spiro atoms. The maximum Gasteiger partial charge on any atom is 0.252 e. The summed E-state index contributed by atoms with van der Waals surface area (Å²) >= 11 is 3.31. The summed E-state index contributed by atoms with van der Waals surface area (Å²) in [6, 6.07) is 12.3. The van der Waals surface area contributed by atoms with Crippen molar-refractivity contribution in [3.8, 4) is 0 Å². The fourth-order valence-electron chi connectivity index (χ4n) is 2.18. The summed E-state index contributed by atoms with van der Waals surface area (Å²) in [5.74, 6) is -0.256. The van der Waals surface area contributed by atoms with E-state index in [2.05, 4.69) is 26.0 Å². The summed E-state index contributed by atoms with van der Waals surface area (Å²) < 4.78 is 27.9. The summed E-state index contributed by atoms with van der Waals surface area (Å²) in [4.78, 5) is 12.3. The molecule has 24 heavy (non-hydrogen) atoms. The lowest BCUT2D eigenvalue weighted by Crippen LogP contribution is -2.35. The van der Waals surface area contributed by atoms with Gasteiger partial charge in [0.25, 0.3) is 5.91 Å². The number of carbonyl (C=O) groups is 1. The molecule has 0 aliphatic heterocycles. The molecule has 0 atom stereocenters. The van der Waals surface area contributed by atoms with Crippen LogP contribution in [-0.2, 0) is 10.0 Å². The average Bonchev–Trinajstić information content (AvgIpc) is 2.54. The van der Waals surface area contributed by atoms with Gasteiger partial charge < -0.3 is 5.32 Å². The quantitative estimate of drug-likeness (QED) is 0.718. The molecule has 0 saturated heterocycles. The van der Waals surface area contributed by atoms with E-state index >= 15 is 0 Å². The summed E-state index contributed by atoms with van der Waals surface area (Å²) in [5, 5.41) is 2.69. The minimum absolute atomic E-state index is 0.117. The number of hydrogen-bond donors (Lipinski definition) is 2. The number of carbonyl (C=O) groups excluding carboxylic acids is 1. The first kappa shape index (κ1) is 18.6. The predicted octanol–water partition coefficient (Wildman–Crippen LogP) is 2.77. The van der Waals surface area contributed by atoms with Gasteiger partial charge in [0.05, 0.1) is 10.5 Å². The molecular weight excluding hydrogens is 392 g/mol. The molecule has 0 radical (unpaired) electrons. The van der Waals surface area contributed by atoms with E-state index < -0.39 is 10.0 Å². The Labute approximate surface area is 150 Å². The number of hydrogen-bond acceptors (Lipinski definition) is 3. The summed E-state index contributed by atoms with van der Waals surface area (Å²) in [5.41, 5.74) is 2.07. The van der Waals surface area contributed by atoms with Gasteiger partial charge >= 0.3 is 0 Å². The first-order valence-electron chi connectivity index (χ1n) is 7.41. The van der Waals surface area contributed by atoms with Crippen molar-refractivity contribution in [2.45, 2.75) is 18.7 Å². The number of benzene rings is 2. The molecule has 2 rings (SSSR count). The van der Waals surface area contributed by atoms with E-state index in [9.17, 15) is 13.2 Å². The van der Waals surface area contributed by atoms with E-state index in [0.29, 0.717) is 15.6 Å². The number of aryl methyl sites for hydroxylation is 2. The monoisotopic (exact) mass is 410 g/mol. The van der Waals surface area contributed by atoms with E-state index in [0.717, 1.165) is 5.56 Å². The lowest BCUT2D eigenvalue weighted by molar-refractivity contribution is 0.0953. The van der Waals surface area contributed by atoms with Crippen LogP contribution < -0.4 is 10.0 Å². The standard InChI is InChI=1S/C17H19BrN2O3S/c1-12-7-8-13(2)16(11-12)24(22,23)20-10-9-19-17(21)14-5-3-4-6-15(14)18/h3-8,11,20H,9-10H2,1-2H3,(H,19,21). The SMILES string of the molecule is Cc1ccc(C)c(S(=O)(=O)NCCNC(=O)c2ccccc2Br)c1. The molecule has 128 valence electrons. The molecule has 0 aliphatic carbocycles. The molecule has 0 heterocycles. The molecule has 0 bridgehead atoms. The molecule has 0 saturated carbocycles. The highest BCUT2D eigenvalue weighted by Gasteiger charge is 2.16. The van der Waals surface area contributed by atoms with Gasteiger partial charge in [0, 0.05) is 17.6 Å². The Kier molecular flexibility index (Phi) is 6.15. The third-order valence-electron chi connectivity index (χ3n) is 3.45. The summed E-state index contributed by atoms with van der Waals surface area (Å²) in [6.07, 6.45) is 0. The van der Waals surface area contributed by atoms with Crippen molar-refractivity contribution in [3.63, 3.8) is 0 Å². The van der Waals surface area contributed by atoms with Crippen molar-refractivity contribution in [1.29, 1.82) is 0 Å². The lowest BCUT2D eigenvalue weighted by Gasteiger charge is -2.11. The highest BCUT2D eigenvalue weighted by molar-refractivity contribution is 9.10. The average molecular weight is 411 g/mol. The number of amides is 1. The van der Waals surface area contributed by atoms with Crippen molar-refractivity contribution >= 4 is 31.9 Å². The number of halogens is 1. The molecule has 0 unspecified atom stereocenters. The van der Waals surface area contributed by atoms with Gasteiger partial charge in [-0.15, -0.1) is 0 Å². The van der Waals surface area contributed by atoms with E-state index in [1.165, 1.54) is 0 Å². The van der Waals surface area contributed by atoms with Gasteiger partial charge in [0.2, 0.25) is 10.0 Å². The molecule has 0 aromatic heterocycles. The Morgan fingerprint density at radius 1 is 1.08 bits per heavy atom. The van der Waals surface area contributed by atoms with Crippen molar-refractivity contribution < 1.29 is 13.2 Å². The molecule has 7 heteroatoms. The zero-order valence-electron chi connectivity index (χ0n) is 13.5. The minimum Gasteiger partial charge on any atom is -0.351 e. The second-order valence-corrected chi connectivity index (χ2v) is 7.99. The fraction of sp³-hybridized carbons (Fsp3) is 0.235. The van der Waals surface area contributed by atoms with Crippen LogP contribution in [0.15, 0.2) is 51.8 Å². The molecule has 0 fully saturated rings. The van der Waals surface area contributed by atoms with Crippen LogP contribution in [0.25, 0.3) is 0 Å². The van der Waals surface area contributed by atoms with Crippen molar-refractivity contribution in [2.24, 2.45) is 0 Å². The van der Waals surface area contributed by atoms with E-state index in [1.807, 2.05) is 19.1 Å². The Morgan fingerprint density at radius 3 is 2.50 bits per heavy atom. The molecule has 1 amide bonds. The molecular formula is C17H19BrN2O3S. The van der Waals surface area contributed by atoms with Crippen LogP contribution in [0.4, 0.5) is 0 Å². The lowest BCUT2D eigenvalue weighted by atomic mass is 10.2. The van der Waals surface area contributed by atoms with Crippen LogP contribution in [0, 0.1) is 13.8 Å². The first-order chi connectivity index (χ1) is 11.3. The van der Waals surface area contributed by atoms with Crippen molar-refractivity contribution in [3.05, 3.63) is 63.6 Å². The maximum atomic E-state index is 12.3. The summed E-state index contributed by atoms with van der Waals surface area (Å²) in [6.45, 7) is 3.91. The Hall–Kier alpha value is -1.70. The van der Waals surface area contributed by atoms with Crippen molar-refractivity contribution in [1.82, 2.24) is 10.0 Å². The van der Waals surface area contributed by atoms with E-state index in [-0.39, 0.29) is 23.9 Å². The van der Waals surface area contributed by atoms with Gasteiger partial charge in [0.1, 0.15) is 0 Å². The molecule has 2 aromatic carbocycles. The Balaban J connectivity index is 1.93. The van der Waals surface area contributed by atoms with Crippen LogP contribution in [0.5, 0.6) is 0 Å². The normalized spacial score (nSPS) is 11.3. The second-order valence-electron chi connectivity index (χ2n) is 5.40. The summed E-state index contributed by atoms with van der Waals surface area (Å²) in [7, 11) is -3.59. The topological polar surface area (TPSA) is 75.3 Å². The first-order valence-corrected chi connectivity index (χ1v) is 9.68. The number of rotatable bonds is 6. The van der Waals surface area contributed by atoms with Gasteiger partial charge in [-0.25, -0.2) is 13.1 Å². The van der Waals surface area contributed by atoms with Gasteiger partial charge in [0.15, 0.2) is 0 Å². The van der Waals surface area contributed by atoms with Crippen LogP contribution >= 0.6 is 15.9 Å². The van der Waals surface area contributed by atoms with E-state index in [4.69, 9.17) is 0 Å². The largest absolute Gasteiger partial charge is 0.351 e. The van der Waals surface area contributed by atoms with Gasteiger partial charge in [-0.2, -0.15) is 0 Å². The Bertz CT molecular complexity index is 851. The zero-order valence-corrected chi connectivity index (χ0v) is 15.9. The van der Waals surface area contributed by atoms with Crippen LogP contribution in [0.3, 0.4) is 0 Å². The van der Waals surface area contributed by atoms with Gasteiger partial charge in [-0.05, 0) is 59.1 Å². The van der Waals surface area contributed by atoms with E-state index in [1.54, 1.807) is 37.3 Å². The third-order valence-corrected chi connectivity index (χ3v) is 5.75. The smallest absolute Gasteiger partial charge is 0.252 e. The minimum atomic E-state index is -3.59. The maximum absolute atomic E-state index is 12.3. The third kappa shape index (κ3) is 4.66. The molecule has 2 N–H and O–H groups in total. The zero-order chi connectivity index (χ0) is 17.7.